The molecule has 0 bridgehead atoms. The van der Waals surface area contributed by atoms with Crippen LogP contribution >= 0.6 is 15.9 Å². The lowest BCUT2D eigenvalue weighted by atomic mass is 10.2. The Morgan fingerprint density at radius 3 is 2.33 bits per heavy atom. The van der Waals surface area contributed by atoms with Gasteiger partial charge in [-0.1, -0.05) is 15.9 Å². The molecule has 1 N–H and O–H groups in total. The molecule has 1 aliphatic heterocycles. The molecule has 2 aromatic rings. The molecule has 3 rings (SSSR count). The second-order valence-corrected chi connectivity index (χ2v) is 8.56. The summed E-state index contributed by atoms with van der Waals surface area (Å²) in [6, 6.07) is 9.13. The maximum atomic E-state index is 12.8. The van der Waals surface area contributed by atoms with Crippen LogP contribution in [-0.4, -0.2) is 27.3 Å². The summed E-state index contributed by atoms with van der Waals surface area (Å²) in [6.07, 6.45) is 0.185. The number of ether oxygens (including phenoxy) is 1. The molecule has 27 heavy (non-hydrogen) atoms. The number of rotatable bonds is 5. The molecule has 0 unspecified atom stereocenters. The van der Waals surface area contributed by atoms with Crippen LogP contribution in [-0.2, 0) is 19.6 Å². The van der Waals surface area contributed by atoms with E-state index in [-0.39, 0.29) is 41.0 Å². The summed E-state index contributed by atoms with van der Waals surface area (Å²) in [4.78, 5) is 25.0. The van der Waals surface area contributed by atoms with E-state index >= 15 is 0 Å². The lowest BCUT2D eigenvalue weighted by Crippen LogP contribution is -2.29. The number of benzene rings is 2. The second kappa shape index (κ2) is 7.32. The predicted molar refractivity (Wildman–Crippen MR) is 104 cm³/mol. The van der Waals surface area contributed by atoms with E-state index in [1.165, 1.54) is 25.3 Å². The smallest absolute Gasteiger partial charge is 0.261 e. The number of sulfonamides is 1. The molecular weight excluding hydrogens is 436 g/mol. The van der Waals surface area contributed by atoms with E-state index in [1.54, 1.807) is 18.2 Å². The molecule has 0 aromatic heterocycles. The lowest BCUT2D eigenvalue weighted by molar-refractivity contribution is -0.121. The summed E-state index contributed by atoms with van der Waals surface area (Å²) in [7, 11) is -2.54. The number of hydrogen-bond acceptors (Lipinski definition) is 5. The molecule has 1 heterocycles. The summed E-state index contributed by atoms with van der Waals surface area (Å²) < 4.78 is 34.1. The zero-order valence-corrected chi connectivity index (χ0v) is 17.1. The number of amides is 2. The van der Waals surface area contributed by atoms with Gasteiger partial charge in [-0.15, -0.1) is 0 Å². The number of methoxy groups -OCH3 is 1. The van der Waals surface area contributed by atoms with Crippen molar-refractivity contribution in [2.24, 2.45) is 0 Å². The van der Waals surface area contributed by atoms with Crippen molar-refractivity contribution >= 4 is 49.1 Å². The first-order chi connectivity index (χ1) is 12.7. The Kier molecular flexibility index (Phi) is 5.25. The molecule has 0 saturated carbocycles. The number of anilines is 2. The topological polar surface area (TPSA) is 92.8 Å². The second-order valence-electron chi connectivity index (χ2n) is 6.03. The highest BCUT2D eigenvalue weighted by Gasteiger charge is 2.33. The molecule has 0 radical (unpaired) electrons. The van der Waals surface area contributed by atoms with E-state index in [4.69, 9.17) is 4.74 Å². The average Bonchev–Trinajstić information content (AvgIpc) is 2.95. The zero-order valence-electron chi connectivity index (χ0n) is 14.7. The van der Waals surface area contributed by atoms with Gasteiger partial charge in [0.2, 0.25) is 11.8 Å². The van der Waals surface area contributed by atoms with E-state index in [0.29, 0.717) is 5.69 Å². The van der Waals surface area contributed by atoms with Crippen molar-refractivity contribution in [2.45, 2.75) is 24.7 Å². The largest absolute Gasteiger partial charge is 0.495 e. The third kappa shape index (κ3) is 3.84. The van der Waals surface area contributed by atoms with Crippen LogP contribution in [0.5, 0.6) is 5.75 Å². The monoisotopic (exact) mass is 452 g/mol. The maximum absolute atomic E-state index is 12.8. The number of hydrogen-bond donors (Lipinski definition) is 1. The van der Waals surface area contributed by atoms with Crippen molar-refractivity contribution in [1.82, 2.24) is 0 Å². The Balaban J connectivity index is 2.00. The minimum absolute atomic E-state index is 0.0774. The molecular formula is C18H17BrN2O5S. The number of aryl methyl sites for hydroxylation is 1. The van der Waals surface area contributed by atoms with E-state index in [0.717, 1.165) is 14.9 Å². The van der Waals surface area contributed by atoms with Crippen LogP contribution in [0, 0.1) is 6.92 Å². The molecule has 2 aromatic carbocycles. The molecule has 1 fully saturated rings. The fourth-order valence-corrected chi connectivity index (χ4v) is 4.09. The van der Waals surface area contributed by atoms with E-state index in [2.05, 4.69) is 20.7 Å². The Morgan fingerprint density at radius 2 is 1.74 bits per heavy atom. The van der Waals surface area contributed by atoms with Gasteiger partial charge in [0, 0.05) is 23.0 Å². The van der Waals surface area contributed by atoms with E-state index < -0.39 is 10.0 Å². The van der Waals surface area contributed by atoms with Crippen LogP contribution in [0.25, 0.3) is 0 Å². The molecule has 9 heteroatoms. The van der Waals surface area contributed by atoms with Gasteiger partial charge in [-0.05, 0) is 48.9 Å². The molecule has 0 atom stereocenters. The SMILES string of the molecule is COc1ccc(S(=O)(=O)Nc2ccc(Br)c(C)c2)cc1N1C(=O)CCC1=O. The first-order valence-corrected chi connectivity index (χ1v) is 10.3. The fraction of sp³-hybridized carbons (Fsp3) is 0.222. The van der Waals surface area contributed by atoms with Gasteiger partial charge < -0.3 is 4.74 Å². The van der Waals surface area contributed by atoms with Gasteiger partial charge in [0.05, 0.1) is 17.7 Å². The number of nitrogens with one attached hydrogen (secondary N) is 1. The number of halogens is 1. The number of nitrogens with zero attached hydrogens (tertiary/aromatic N) is 1. The van der Waals surface area contributed by atoms with Crippen LogP contribution in [0.1, 0.15) is 18.4 Å². The van der Waals surface area contributed by atoms with Gasteiger partial charge in [0.1, 0.15) is 5.75 Å². The Morgan fingerprint density at radius 1 is 1.07 bits per heavy atom. The standard InChI is InChI=1S/C18H17BrN2O5S/c1-11-9-12(3-5-14(11)19)20-27(24,25)13-4-6-16(26-2)15(10-13)21-17(22)7-8-18(21)23/h3-6,9-10,20H,7-8H2,1-2H3. The van der Waals surface area contributed by atoms with Crippen molar-refractivity contribution in [3.8, 4) is 5.75 Å². The number of imide groups is 1. The van der Waals surface area contributed by atoms with Gasteiger partial charge in [-0.2, -0.15) is 0 Å². The molecule has 1 aliphatic rings. The molecule has 7 nitrogen and oxygen atoms in total. The van der Waals surface area contributed by atoms with Crippen LogP contribution in [0.15, 0.2) is 45.8 Å². The van der Waals surface area contributed by atoms with E-state index in [1.807, 2.05) is 6.92 Å². The van der Waals surface area contributed by atoms with Gasteiger partial charge in [-0.3, -0.25) is 14.3 Å². The van der Waals surface area contributed by atoms with Gasteiger partial charge in [0.25, 0.3) is 10.0 Å². The summed E-state index contributed by atoms with van der Waals surface area (Å²) in [5, 5.41) is 0. The molecule has 2 amide bonds. The first-order valence-electron chi connectivity index (χ1n) is 8.06. The fourth-order valence-electron chi connectivity index (χ4n) is 2.78. The molecule has 0 aliphatic carbocycles. The van der Waals surface area contributed by atoms with Crippen molar-refractivity contribution in [1.29, 1.82) is 0 Å². The van der Waals surface area contributed by atoms with Crippen molar-refractivity contribution < 1.29 is 22.7 Å². The Labute approximate surface area is 165 Å². The van der Waals surface area contributed by atoms with Gasteiger partial charge >= 0.3 is 0 Å². The van der Waals surface area contributed by atoms with Gasteiger partial charge in [-0.25, -0.2) is 13.3 Å². The highest BCUT2D eigenvalue weighted by Crippen LogP contribution is 2.34. The Hall–Kier alpha value is -2.39. The van der Waals surface area contributed by atoms with Gasteiger partial charge in [0.15, 0.2) is 0 Å². The van der Waals surface area contributed by atoms with Crippen molar-refractivity contribution in [2.75, 3.05) is 16.7 Å². The Bertz CT molecular complexity index is 1020. The van der Waals surface area contributed by atoms with Crippen LogP contribution in [0.4, 0.5) is 11.4 Å². The normalized spacial score (nSPS) is 14.6. The summed E-state index contributed by atoms with van der Waals surface area (Å²) >= 11 is 3.37. The molecule has 0 spiro atoms. The highest BCUT2D eigenvalue weighted by atomic mass is 79.9. The number of carbonyl (C=O) groups is 2. The van der Waals surface area contributed by atoms with Crippen LogP contribution in [0.2, 0.25) is 0 Å². The quantitative estimate of drug-likeness (QED) is 0.702. The summed E-state index contributed by atoms with van der Waals surface area (Å²) in [6.45, 7) is 1.85. The zero-order chi connectivity index (χ0) is 19.8. The third-order valence-corrected chi connectivity index (χ3v) is 6.43. The van der Waals surface area contributed by atoms with Crippen LogP contribution < -0.4 is 14.4 Å². The summed E-state index contributed by atoms with van der Waals surface area (Å²) in [5.74, 6) is -0.522. The van der Waals surface area contributed by atoms with Crippen molar-refractivity contribution in [3.63, 3.8) is 0 Å². The summed E-state index contributed by atoms with van der Waals surface area (Å²) in [5.41, 5.74) is 1.40. The lowest BCUT2D eigenvalue weighted by Gasteiger charge is -2.18. The van der Waals surface area contributed by atoms with Crippen LogP contribution in [0.3, 0.4) is 0 Å². The highest BCUT2D eigenvalue weighted by molar-refractivity contribution is 9.10. The molecule has 142 valence electrons. The maximum Gasteiger partial charge on any atom is 0.261 e. The third-order valence-electron chi connectivity index (χ3n) is 4.16. The molecule has 1 saturated heterocycles. The average molecular weight is 453 g/mol. The number of carbonyl (C=O) groups excluding carboxylic acids is 2. The minimum atomic E-state index is -3.93. The van der Waals surface area contributed by atoms with Crippen molar-refractivity contribution in [3.05, 3.63) is 46.4 Å². The van der Waals surface area contributed by atoms with E-state index in [9.17, 15) is 18.0 Å². The first kappa shape index (κ1) is 19.4. The predicted octanol–water partition coefficient (Wildman–Crippen LogP) is 3.22. The minimum Gasteiger partial charge on any atom is -0.495 e.